The van der Waals surface area contributed by atoms with Crippen molar-refractivity contribution in [2.45, 2.75) is 31.6 Å². The number of hydrogen-bond donors (Lipinski definition) is 2. The lowest BCUT2D eigenvalue weighted by atomic mass is 10.2. The average molecular weight is 467 g/mol. The van der Waals surface area contributed by atoms with Crippen molar-refractivity contribution in [3.63, 3.8) is 0 Å². The van der Waals surface area contributed by atoms with Crippen LogP contribution in [0.5, 0.6) is 0 Å². The Morgan fingerprint density at radius 2 is 1.84 bits per heavy atom. The van der Waals surface area contributed by atoms with Gasteiger partial charge < -0.3 is 15.2 Å². The van der Waals surface area contributed by atoms with E-state index in [9.17, 15) is 9.59 Å². The summed E-state index contributed by atoms with van der Waals surface area (Å²) in [4.78, 5) is 29.3. The maximum absolute atomic E-state index is 12.5. The largest absolute Gasteiger partial charge is 0.342 e. The fourth-order valence-electron chi connectivity index (χ4n) is 3.17. The molecule has 0 saturated carbocycles. The molecule has 1 atom stereocenters. The molecule has 32 heavy (non-hydrogen) atoms. The maximum Gasteiger partial charge on any atom is 0.251 e. The summed E-state index contributed by atoms with van der Waals surface area (Å²) >= 11 is 2.74. The maximum atomic E-state index is 12.5. The summed E-state index contributed by atoms with van der Waals surface area (Å²) in [6, 6.07) is 16.5. The van der Waals surface area contributed by atoms with Gasteiger partial charge in [0, 0.05) is 12.1 Å². The van der Waals surface area contributed by atoms with Gasteiger partial charge in [-0.3, -0.25) is 9.59 Å². The molecule has 0 unspecified atom stereocenters. The summed E-state index contributed by atoms with van der Waals surface area (Å²) < 4.78 is 2.93. The number of para-hydroxylation sites is 1. The van der Waals surface area contributed by atoms with Crippen LogP contribution < -0.4 is 10.6 Å². The molecule has 2 N–H and O–H groups in total. The number of nitrogens with one attached hydrogen (secondary N) is 2. The van der Waals surface area contributed by atoms with E-state index in [-0.39, 0.29) is 23.6 Å². The molecule has 0 bridgehead atoms. The number of aromatic nitrogens is 4. The van der Waals surface area contributed by atoms with Crippen molar-refractivity contribution in [1.29, 1.82) is 0 Å². The van der Waals surface area contributed by atoms with Gasteiger partial charge in [-0.2, -0.15) is 0 Å². The van der Waals surface area contributed by atoms with E-state index in [0.717, 1.165) is 10.2 Å². The molecular weight excluding hydrogens is 444 g/mol. The first kappa shape index (κ1) is 22.0. The zero-order valence-electron chi connectivity index (χ0n) is 17.6. The van der Waals surface area contributed by atoms with Crippen LogP contribution in [-0.2, 0) is 11.3 Å². The first-order valence-electron chi connectivity index (χ1n) is 10.1. The van der Waals surface area contributed by atoms with E-state index in [1.54, 1.807) is 12.1 Å². The first-order valence-corrected chi connectivity index (χ1v) is 11.9. The monoisotopic (exact) mass is 466 g/mol. The van der Waals surface area contributed by atoms with Crippen molar-refractivity contribution in [1.82, 2.24) is 25.1 Å². The van der Waals surface area contributed by atoms with E-state index in [1.165, 1.54) is 23.1 Å². The molecule has 2 aromatic heterocycles. The number of fused-ring (bicyclic) bond motifs is 1. The molecule has 2 aromatic carbocycles. The Hall–Kier alpha value is -3.24. The van der Waals surface area contributed by atoms with E-state index in [4.69, 9.17) is 0 Å². The summed E-state index contributed by atoms with van der Waals surface area (Å²) in [5.74, 6) is 0.490. The van der Waals surface area contributed by atoms with Crippen molar-refractivity contribution in [2.24, 2.45) is 0 Å². The molecule has 0 fully saturated rings. The molecule has 8 nitrogen and oxygen atoms in total. The minimum Gasteiger partial charge on any atom is -0.342 e. The highest BCUT2D eigenvalue weighted by molar-refractivity contribution is 7.99. The number of thiazole rings is 1. The molecular formula is C22H22N6O2S2. The van der Waals surface area contributed by atoms with Gasteiger partial charge in [0.1, 0.15) is 0 Å². The van der Waals surface area contributed by atoms with Gasteiger partial charge >= 0.3 is 0 Å². The average Bonchev–Trinajstić information content (AvgIpc) is 3.41. The van der Waals surface area contributed by atoms with Crippen molar-refractivity contribution in [3.05, 3.63) is 66.0 Å². The summed E-state index contributed by atoms with van der Waals surface area (Å²) in [5, 5.41) is 15.5. The molecule has 2 heterocycles. The Morgan fingerprint density at radius 3 is 2.59 bits per heavy atom. The second-order valence-corrected chi connectivity index (χ2v) is 8.94. The van der Waals surface area contributed by atoms with E-state index < -0.39 is 0 Å². The van der Waals surface area contributed by atoms with Crippen LogP contribution in [0.4, 0.5) is 5.13 Å². The molecule has 164 valence electrons. The predicted molar refractivity (Wildman–Crippen MR) is 127 cm³/mol. The number of carbonyl (C=O) groups is 2. The van der Waals surface area contributed by atoms with Crippen molar-refractivity contribution in [3.8, 4) is 0 Å². The second kappa shape index (κ2) is 9.92. The quantitative estimate of drug-likeness (QED) is 0.379. The fourth-order valence-corrected chi connectivity index (χ4v) is 4.86. The molecule has 0 aliphatic rings. The molecule has 0 aliphatic heterocycles. The molecule has 0 spiro atoms. The lowest BCUT2D eigenvalue weighted by Gasteiger charge is -2.15. The summed E-state index contributed by atoms with van der Waals surface area (Å²) in [5.41, 5.74) is 1.45. The lowest BCUT2D eigenvalue weighted by molar-refractivity contribution is -0.113. The van der Waals surface area contributed by atoms with Crippen LogP contribution in [0, 0.1) is 0 Å². The minimum atomic E-state index is -0.332. The summed E-state index contributed by atoms with van der Waals surface area (Å²) in [6.45, 7) is 4.46. The van der Waals surface area contributed by atoms with E-state index in [1.807, 2.05) is 60.9 Å². The zero-order valence-corrected chi connectivity index (χ0v) is 19.2. The zero-order chi connectivity index (χ0) is 22.5. The van der Waals surface area contributed by atoms with E-state index in [0.29, 0.717) is 28.2 Å². The van der Waals surface area contributed by atoms with Crippen LogP contribution >= 0.6 is 23.1 Å². The van der Waals surface area contributed by atoms with Crippen LogP contribution in [0.25, 0.3) is 10.2 Å². The van der Waals surface area contributed by atoms with Gasteiger partial charge in [-0.15, -0.1) is 10.2 Å². The third-order valence-corrected chi connectivity index (χ3v) is 6.62. The Labute approximate surface area is 193 Å². The van der Waals surface area contributed by atoms with Gasteiger partial charge in [-0.25, -0.2) is 4.98 Å². The number of hydrogen-bond acceptors (Lipinski definition) is 7. The third-order valence-electron chi connectivity index (χ3n) is 4.71. The molecule has 0 saturated heterocycles. The van der Waals surface area contributed by atoms with E-state index >= 15 is 0 Å². The van der Waals surface area contributed by atoms with Crippen LogP contribution in [0.3, 0.4) is 0 Å². The van der Waals surface area contributed by atoms with Gasteiger partial charge in [0.25, 0.3) is 5.91 Å². The Bertz CT molecular complexity index is 1200. The number of thioether (sulfide) groups is 1. The summed E-state index contributed by atoms with van der Waals surface area (Å²) in [7, 11) is 0. The van der Waals surface area contributed by atoms with Gasteiger partial charge in [0.15, 0.2) is 16.1 Å². The summed E-state index contributed by atoms with van der Waals surface area (Å²) in [6.07, 6.45) is 0. The normalized spacial score (nSPS) is 11.9. The van der Waals surface area contributed by atoms with Crippen molar-refractivity contribution >= 4 is 50.3 Å². The minimum absolute atomic E-state index is 0.160. The smallest absolute Gasteiger partial charge is 0.251 e. The van der Waals surface area contributed by atoms with Crippen LogP contribution in [0.1, 0.15) is 36.1 Å². The number of amides is 2. The van der Waals surface area contributed by atoms with Crippen LogP contribution in [0.15, 0.2) is 59.8 Å². The molecule has 4 rings (SSSR count). The lowest BCUT2D eigenvalue weighted by Crippen LogP contribution is -2.28. The second-order valence-electron chi connectivity index (χ2n) is 6.97. The molecule has 10 heteroatoms. The van der Waals surface area contributed by atoms with Gasteiger partial charge in [-0.05, 0) is 38.1 Å². The van der Waals surface area contributed by atoms with Gasteiger partial charge in [-0.1, -0.05) is 53.4 Å². The van der Waals surface area contributed by atoms with Gasteiger partial charge in [0.05, 0.1) is 22.0 Å². The Kier molecular flexibility index (Phi) is 6.81. The topological polar surface area (TPSA) is 102 Å². The number of rotatable bonds is 8. The SMILES string of the molecule is CCn1c(SCC(=O)Nc2nc3ccccc3s2)nnc1[C@@H](C)NC(=O)c1ccccc1. The first-order chi connectivity index (χ1) is 15.5. The standard InChI is InChI=1S/C22H22N6O2S2/c1-3-28-19(14(2)23-20(30)15-9-5-4-6-10-15)26-27-22(28)31-13-18(29)25-21-24-16-11-7-8-12-17(16)32-21/h4-12,14H,3,13H2,1-2H3,(H,23,30)(H,24,25,29)/t14-/m1/s1. The van der Waals surface area contributed by atoms with Crippen molar-refractivity contribution in [2.75, 3.05) is 11.1 Å². The van der Waals surface area contributed by atoms with Gasteiger partial charge in [0.2, 0.25) is 5.91 Å². The van der Waals surface area contributed by atoms with Crippen LogP contribution in [0.2, 0.25) is 0 Å². The number of benzene rings is 2. The fraction of sp³-hybridized carbons (Fsp3) is 0.227. The number of nitrogens with zero attached hydrogens (tertiary/aromatic N) is 4. The number of anilines is 1. The molecule has 0 aliphatic carbocycles. The molecule has 0 radical (unpaired) electrons. The predicted octanol–water partition coefficient (Wildman–Crippen LogP) is 4.13. The number of carbonyl (C=O) groups excluding carboxylic acids is 2. The highest BCUT2D eigenvalue weighted by Crippen LogP contribution is 2.26. The highest BCUT2D eigenvalue weighted by Gasteiger charge is 2.20. The van der Waals surface area contributed by atoms with Crippen LogP contribution in [-0.4, -0.2) is 37.3 Å². The molecule has 4 aromatic rings. The Balaban J connectivity index is 1.37. The molecule has 2 amide bonds. The third kappa shape index (κ3) is 4.97. The van der Waals surface area contributed by atoms with Crippen molar-refractivity contribution < 1.29 is 9.59 Å². The highest BCUT2D eigenvalue weighted by atomic mass is 32.2. The van der Waals surface area contributed by atoms with E-state index in [2.05, 4.69) is 25.8 Å². The Morgan fingerprint density at radius 1 is 1.09 bits per heavy atom.